The summed E-state index contributed by atoms with van der Waals surface area (Å²) in [5.74, 6) is 0.0681. The molecule has 2 heterocycles. The average molecular weight is 440 g/mol. The summed E-state index contributed by atoms with van der Waals surface area (Å²) in [6.07, 6.45) is -0.0997. The molecule has 2 aromatic carbocycles. The number of nitro groups is 1. The summed E-state index contributed by atoms with van der Waals surface area (Å²) < 4.78 is 11.9. The Morgan fingerprint density at radius 2 is 2.00 bits per heavy atom. The van der Waals surface area contributed by atoms with Gasteiger partial charge in [-0.05, 0) is 44.6 Å². The maximum atomic E-state index is 12.6. The third kappa shape index (κ3) is 4.17. The standard InChI is InChI=1S/C23H24N2O7/c1-13-9-17(26)22-18(27)10-20(31-12-14-3-5-15(6-4-14)25(29)30)21(23(22)32-13)16-7-8-24(2)11-19(16)28/h3-6,9-10,16,19,27-28H,7-8,11-12H2,1-2H3. The minimum absolute atomic E-state index is 0.0236. The van der Waals surface area contributed by atoms with Gasteiger partial charge in [0.05, 0.1) is 11.0 Å². The first-order valence-corrected chi connectivity index (χ1v) is 10.3. The Morgan fingerprint density at radius 1 is 1.28 bits per heavy atom. The topological polar surface area (TPSA) is 126 Å². The van der Waals surface area contributed by atoms with Gasteiger partial charge in [-0.3, -0.25) is 14.9 Å². The molecule has 0 aliphatic carbocycles. The summed E-state index contributed by atoms with van der Waals surface area (Å²) in [7, 11) is 1.92. The summed E-state index contributed by atoms with van der Waals surface area (Å²) >= 11 is 0. The first-order chi connectivity index (χ1) is 15.2. The molecule has 2 atom stereocenters. The van der Waals surface area contributed by atoms with Crippen molar-refractivity contribution in [2.75, 3.05) is 20.1 Å². The van der Waals surface area contributed by atoms with Crippen molar-refractivity contribution in [3.05, 3.63) is 73.6 Å². The zero-order chi connectivity index (χ0) is 23.0. The molecule has 0 radical (unpaired) electrons. The Kier molecular flexibility index (Phi) is 5.86. The van der Waals surface area contributed by atoms with Gasteiger partial charge in [-0.1, -0.05) is 0 Å². The number of nitrogens with zero attached hydrogens (tertiary/aromatic N) is 2. The number of hydrogen-bond donors (Lipinski definition) is 2. The summed E-state index contributed by atoms with van der Waals surface area (Å²) in [4.78, 5) is 25.0. The quantitative estimate of drug-likeness (QED) is 0.458. The molecule has 1 aromatic heterocycles. The first kappa shape index (κ1) is 21.8. The van der Waals surface area contributed by atoms with Crippen LogP contribution in [0, 0.1) is 17.0 Å². The molecule has 168 valence electrons. The molecule has 4 rings (SSSR count). The van der Waals surface area contributed by atoms with Crippen LogP contribution in [0.2, 0.25) is 0 Å². The second-order valence-electron chi connectivity index (χ2n) is 8.17. The molecule has 0 saturated carbocycles. The van der Waals surface area contributed by atoms with Crippen LogP contribution in [0.3, 0.4) is 0 Å². The second kappa shape index (κ2) is 8.60. The number of benzene rings is 2. The van der Waals surface area contributed by atoms with E-state index >= 15 is 0 Å². The number of ether oxygens (including phenoxy) is 1. The minimum Gasteiger partial charge on any atom is -0.507 e. The summed E-state index contributed by atoms with van der Waals surface area (Å²) in [6, 6.07) is 8.65. The highest BCUT2D eigenvalue weighted by molar-refractivity contribution is 5.88. The summed E-state index contributed by atoms with van der Waals surface area (Å²) in [5.41, 5.74) is 1.05. The number of β-amino-alcohol motifs (C(OH)–C–C–N with tert-alkyl or cyclic N) is 1. The molecule has 3 aromatic rings. The molecule has 1 aliphatic rings. The van der Waals surface area contributed by atoms with E-state index < -0.39 is 11.0 Å². The number of likely N-dealkylation sites (N-methyl/N-ethyl adjacent to an activating group) is 1. The van der Waals surface area contributed by atoms with Gasteiger partial charge in [-0.25, -0.2) is 0 Å². The monoisotopic (exact) mass is 440 g/mol. The predicted molar refractivity (Wildman–Crippen MR) is 117 cm³/mol. The van der Waals surface area contributed by atoms with Gasteiger partial charge in [0.15, 0.2) is 5.43 Å². The molecule has 1 saturated heterocycles. The number of non-ortho nitro benzene ring substituents is 1. The van der Waals surface area contributed by atoms with Crippen LogP contribution in [-0.2, 0) is 6.61 Å². The molecule has 1 fully saturated rings. The summed E-state index contributed by atoms with van der Waals surface area (Å²) in [5, 5.41) is 32.3. The zero-order valence-corrected chi connectivity index (χ0v) is 17.8. The molecular weight excluding hydrogens is 416 g/mol. The zero-order valence-electron chi connectivity index (χ0n) is 17.8. The van der Waals surface area contributed by atoms with Crippen molar-refractivity contribution in [2.45, 2.75) is 32.0 Å². The number of aliphatic hydroxyl groups excluding tert-OH is 1. The van der Waals surface area contributed by atoms with Crippen molar-refractivity contribution in [1.29, 1.82) is 0 Å². The van der Waals surface area contributed by atoms with Crippen molar-refractivity contribution in [3.8, 4) is 11.5 Å². The van der Waals surface area contributed by atoms with Crippen molar-refractivity contribution in [1.82, 2.24) is 4.90 Å². The van der Waals surface area contributed by atoms with E-state index in [1.54, 1.807) is 19.1 Å². The lowest BCUT2D eigenvalue weighted by Crippen LogP contribution is -2.40. The van der Waals surface area contributed by atoms with E-state index in [-0.39, 0.29) is 40.4 Å². The first-order valence-electron chi connectivity index (χ1n) is 10.3. The lowest BCUT2D eigenvalue weighted by Gasteiger charge is -2.34. The third-order valence-electron chi connectivity index (χ3n) is 5.80. The van der Waals surface area contributed by atoms with Crippen molar-refractivity contribution in [3.63, 3.8) is 0 Å². The minimum atomic E-state index is -0.714. The van der Waals surface area contributed by atoms with Gasteiger partial charge in [-0.15, -0.1) is 0 Å². The van der Waals surface area contributed by atoms with Gasteiger partial charge < -0.3 is 24.3 Å². The lowest BCUT2D eigenvalue weighted by molar-refractivity contribution is -0.384. The molecule has 9 nitrogen and oxygen atoms in total. The van der Waals surface area contributed by atoms with Crippen LogP contribution in [0.25, 0.3) is 11.0 Å². The highest BCUT2D eigenvalue weighted by atomic mass is 16.6. The third-order valence-corrected chi connectivity index (χ3v) is 5.80. The number of aromatic hydroxyl groups is 1. The van der Waals surface area contributed by atoms with Gasteiger partial charge in [0.2, 0.25) is 0 Å². The van der Waals surface area contributed by atoms with E-state index in [9.17, 15) is 25.1 Å². The number of aryl methyl sites for hydroxylation is 1. The number of hydrogen-bond acceptors (Lipinski definition) is 8. The molecule has 2 unspecified atom stereocenters. The Hall–Kier alpha value is -3.43. The van der Waals surface area contributed by atoms with Gasteiger partial charge in [0.1, 0.15) is 34.8 Å². The number of fused-ring (bicyclic) bond motifs is 1. The van der Waals surface area contributed by atoms with E-state index in [0.29, 0.717) is 35.6 Å². The highest BCUT2D eigenvalue weighted by Gasteiger charge is 2.33. The molecule has 9 heteroatoms. The van der Waals surface area contributed by atoms with Crippen LogP contribution in [0.1, 0.15) is 29.2 Å². The van der Waals surface area contributed by atoms with Crippen LogP contribution >= 0.6 is 0 Å². The van der Waals surface area contributed by atoms with Crippen LogP contribution in [0.15, 0.2) is 45.6 Å². The fourth-order valence-corrected chi connectivity index (χ4v) is 4.20. The molecule has 32 heavy (non-hydrogen) atoms. The number of piperidine rings is 1. The van der Waals surface area contributed by atoms with Gasteiger partial charge in [0.25, 0.3) is 5.69 Å². The Labute approximate surface area is 183 Å². The van der Waals surface area contributed by atoms with Crippen LogP contribution in [-0.4, -0.2) is 46.3 Å². The van der Waals surface area contributed by atoms with Crippen LogP contribution in [0.4, 0.5) is 5.69 Å². The molecule has 0 spiro atoms. The highest BCUT2D eigenvalue weighted by Crippen LogP contribution is 2.42. The Bertz CT molecular complexity index is 1220. The molecule has 0 bridgehead atoms. The second-order valence-corrected chi connectivity index (χ2v) is 8.17. The van der Waals surface area contributed by atoms with Crippen molar-refractivity contribution in [2.24, 2.45) is 0 Å². The van der Waals surface area contributed by atoms with E-state index in [1.165, 1.54) is 24.3 Å². The van der Waals surface area contributed by atoms with Crippen LogP contribution in [0.5, 0.6) is 11.5 Å². The van der Waals surface area contributed by atoms with Gasteiger partial charge >= 0.3 is 0 Å². The molecular formula is C23H24N2O7. The van der Waals surface area contributed by atoms with Gasteiger partial charge in [-0.2, -0.15) is 0 Å². The number of likely N-dealkylation sites (tertiary alicyclic amines) is 1. The predicted octanol–water partition coefficient (Wildman–Crippen LogP) is 3.07. The SMILES string of the molecule is Cc1cc(=O)c2c(O)cc(OCc3ccc([N+](=O)[O-])cc3)c(C3CCN(C)CC3O)c2o1. The van der Waals surface area contributed by atoms with Crippen molar-refractivity contribution >= 4 is 16.7 Å². The van der Waals surface area contributed by atoms with Gasteiger partial charge in [0, 0.05) is 42.3 Å². The lowest BCUT2D eigenvalue weighted by atomic mass is 9.85. The normalized spacial score (nSPS) is 19.2. The Balaban J connectivity index is 1.78. The number of rotatable bonds is 5. The van der Waals surface area contributed by atoms with E-state index in [0.717, 1.165) is 6.54 Å². The molecule has 1 aliphatic heterocycles. The largest absolute Gasteiger partial charge is 0.507 e. The number of aliphatic hydroxyl groups is 1. The molecule has 0 amide bonds. The van der Waals surface area contributed by atoms with Crippen molar-refractivity contribution < 1.29 is 24.3 Å². The number of phenols is 1. The smallest absolute Gasteiger partial charge is 0.269 e. The number of nitro benzene ring substituents is 1. The van der Waals surface area contributed by atoms with E-state index in [2.05, 4.69) is 0 Å². The van der Waals surface area contributed by atoms with Crippen LogP contribution < -0.4 is 10.2 Å². The molecule has 2 N–H and O–H groups in total. The fourth-order valence-electron chi connectivity index (χ4n) is 4.20. The maximum absolute atomic E-state index is 12.6. The Morgan fingerprint density at radius 3 is 2.66 bits per heavy atom. The maximum Gasteiger partial charge on any atom is 0.269 e. The van der Waals surface area contributed by atoms with E-state index in [1.807, 2.05) is 11.9 Å². The van der Waals surface area contributed by atoms with E-state index in [4.69, 9.17) is 9.15 Å². The number of phenolic OH excluding ortho intramolecular Hbond substituents is 1. The fraction of sp³-hybridized carbons (Fsp3) is 0.348. The summed E-state index contributed by atoms with van der Waals surface area (Å²) in [6.45, 7) is 2.92. The average Bonchev–Trinajstić information content (AvgIpc) is 2.73.